The number of carbonyl (C=O) groups excluding carboxylic acids is 2. The van der Waals surface area contributed by atoms with E-state index in [0.717, 1.165) is 7.11 Å². The van der Waals surface area contributed by atoms with Gasteiger partial charge in [0.15, 0.2) is 0 Å². The Hall–Kier alpha value is -3.56. The number of carbonyl (C=O) groups is 2. The molecule has 33 heavy (non-hydrogen) atoms. The molecule has 1 aliphatic heterocycles. The van der Waals surface area contributed by atoms with Crippen molar-refractivity contribution in [2.45, 2.75) is 44.0 Å². The van der Waals surface area contributed by atoms with Crippen LogP contribution in [0.1, 0.15) is 30.5 Å². The number of cyclic esters (lactones) is 1. The lowest BCUT2D eigenvalue weighted by Crippen LogP contribution is -2.44. The molecule has 2 aromatic rings. The predicted molar refractivity (Wildman–Crippen MR) is 116 cm³/mol. The number of phenols is 2. The molecule has 2 atom stereocenters. The van der Waals surface area contributed by atoms with Crippen molar-refractivity contribution in [2.24, 2.45) is 0 Å². The van der Waals surface area contributed by atoms with E-state index in [1.54, 1.807) is 0 Å². The van der Waals surface area contributed by atoms with Crippen molar-refractivity contribution in [3.8, 4) is 11.5 Å². The van der Waals surface area contributed by atoms with Gasteiger partial charge >= 0.3 is 11.9 Å². The number of esters is 2. The van der Waals surface area contributed by atoms with Crippen LogP contribution >= 0.6 is 0 Å². The second kappa shape index (κ2) is 8.76. The zero-order chi connectivity index (χ0) is 24.6. The molecule has 9 heteroatoms. The molecule has 9 nitrogen and oxygen atoms in total. The highest BCUT2D eigenvalue weighted by Crippen LogP contribution is 2.43. The van der Waals surface area contributed by atoms with Crippen LogP contribution in [0.2, 0.25) is 0 Å². The summed E-state index contributed by atoms with van der Waals surface area (Å²) in [5.41, 5.74) is -2.59. The molecule has 0 amide bonds. The van der Waals surface area contributed by atoms with Crippen LogP contribution in [0.4, 0.5) is 0 Å². The van der Waals surface area contributed by atoms with Crippen molar-refractivity contribution < 1.29 is 44.6 Å². The Morgan fingerprint density at radius 2 is 1.76 bits per heavy atom. The standard InChI is InChI=1S/C24H26O9/c1-23(2,31)18(27)11-15-10-13(4-9-17(15)26)12-24(22(30)32-3)19(20(28)21(29)33-24)14-5-7-16(25)8-6-14/h4-10,18,25-28,31H,11-12H2,1-3H3/t18-,24-/m0/s1. The van der Waals surface area contributed by atoms with Gasteiger partial charge in [0.2, 0.25) is 11.4 Å². The van der Waals surface area contributed by atoms with Gasteiger partial charge in [0.25, 0.3) is 0 Å². The smallest absolute Gasteiger partial charge is 0.375 e. The van der Waals surface area contributed by atoms with E-state index >= 15 is 0 Å². The van der Waals surface area contributed by atoms with Gasteiger partial charge in [-0.2, -0.15) is 0 Å². The van der Waals surface area contributed by atoms with Crippen LogP contribution in [0.25, 0.3) is 5.57 Å². The molecule has 0 bridgehead atoms. The number of ether oxygens (including phenoxy) is 2. The van der Waals surface area contributed by atoms with Crippen molar-refractivity contribution in [1.82, 2.24) is 0 Å². The van der Waals surface area contributed by atoms with Gasteiger partial charge in [-0.3, -0.25) is 0 Å². The first-order chi connectivity index (χ1) is 15.4. The van der Waals surface area contributed by atoms with Gasteiger partial charge in [0.1, 0.15) is 11.5 Å². The van der Waals surface area contributed by atoms with Crippen molar-refractivity contribution in [1.29, 1.82) is 0 Å². The fraction of sp³-hybridized carbons (Fsp3) is 0.333. The Bertz CT molecular complexity index is 1100. The molecule has 0 aliphatic carbocycles. The number of rotatable bonds is 7. The molecule has 0 saturated carbocycles. The molecule has 0 saturated heterocycles. The monoisotopic (exact) mass is 458 g/mol. The molecule has 1 aliphatic rings. The summed E-state index contributed by atoms with van der Waals surface area (Å²) in [5.74, 6) is -2.99. The largest absolute Gasteiger partial charge is 0.508 e. The number of phenolic OH excluding ortho intramolecular Hbond substituents is 2. The predicted octanol–water partition coefficient (Wildman–Crippen LogP) is 1.75. The van der Waals surface area contributed by atoms with Gasteiger partial charge in [-0.25, -0.2) is 9.59 Å². The van der Waals surface area contributed by atoms with E-state index in [4.69, 9.17) is 9.47 Å². The molecule has 3 rings (SSSR count). The van der Waals surface area contributed by atoms with Crippen LogP contribution < -0.4 is 0 Å². The summed E-state index contributed by atoms with van der Waals surface area (Å²) in [7, 11) is 1.11. The Labute approximate surface area is 190 Å². The van der Waals surface area contributed by atoms with E-state index in [1.165, 1.54) is 56.3 Å². The van der Waals surface area contributed by atoms with Crippen LogP contribution in [-0.2, 0) is 31.9 Å². The Kier molecular flexibility index (Phi) is 6.40. The number of aromatic hydroxyl groups is 2. The molecular formula is C24H26O9. The zero-order valence-corrected chi connectivity index (χ0v) is 18.4. The lowest BCUT2D eigenvalue weighted by molar-refractivity contribution is -0.169. The quantitative estimate of drug-likeness (QED) is 0.390. The molecule has 0 fully saturated rings. The Morgan fingerprint density at radius 3 is 2.33 bits per heavy atom. The summed E-state index contributed by atoms with van der Waals surface area (Å²) in [6, 6.07) is 9.86. The average molecular weight is 458 g/mol. The number of methoxy groups -OCH3 is 1. The molecule has 5 N–H and O–H groups in total. The minimum absolute atomic E-state index is 0.0544. The molecule has 176 valence electrons. The van der Waals surface area contributed by atoms with E-state index in [-0.39, 0.29) is 35.5 Å². The van der Waals surface area contributed by atoms with Crippen molar-refractivity contribution in [2.75, 3.05) is 7.11 Å². The number of hydrogen-bond donors (Lipinski definition) is 5. The topological polar surface area (TPSA) is 154 Å². The van der Waals surface area contributed by atoms with Crippen LogP contribution in [0.3, 0.4) is 0 Å². The van der Waals surface area contributed by atoms with Gasteiger partial charge in [0, 0.05) is 12.8 Å². The van der Waals surface area contributed by atoms with E-state index < -0.39 is 35.0 Å². The molecule has 0 spiro atoms. The summed E-state index contributed by atoms with van der Waals surface area (Å²) in [6.07, 6.45) is -1.52. The molecule has 1 heterocycles. The Balaban J connectivity index is 2.08. The first-order valence-electron chi connectivity index (χ1n) is 10.1. The van der Waals surface area contributed by atoms with Crippen LogP contribution in [-0.4, -0.2) is 61.9 Å². The third-order valence-electron chi connectivity index (χ3n) is 5.60. The third-order valence-corrected chi connectivity index (χ3v) is 5.60. The highest BCUT2D eigenvalue weighted by atomic mass is 16.6. The van der Waals surface area contributed by atoms with Crippen LogP contribution in [0, 0.1) is 0 Å². The molecule has 0 aromatic heterocycles. The van der Waals surface area contributed by atoms with E-state index in [2.05, 4.69) is 0 Å². The molecule has 2 aromatic carbocycles. The zero-order valence-electron chi connectivity index (χ0n) is 18.4. The summed E-state index contributed by atoms with van der Waals surface area (Å²) in [5, 5.41) is 50.6. The van der Waals surface area contributed by atoms with Crippen LogP contribution in [0.5, 0.6) is 11.5 Å². The number of aliphatic hydroxyl groups is 3. The molecule has 0 unspecified atom stereocenters. The lowest BCUT2D eigenvalue weighted by atomic mass is 9.82. The maximum absolute atomic E-state index is 12.9. The summed E-state index contributed by atoms with van der Waals surface area (Å²) in [4.78, 5) is 25.3. The number of hydrogen-bond acceptors (Lipinski definition) is 9. The van der Waals surface area contributed by atoms with Gasteiger partial charge in [-0.1, -0.05) is 24.3 Å². The molecular weight excluding hydrogens is 432 g/mol. The second-order valence-corrected chi connectivity index (χ2v) is 8.49. The van der Waals surface area contributed by atoms with Gasteiger partial charge in [0.05, 0.1) is 24.4 Å². The van der Waals surface area contributed by atoms with E-state index in [9.17, 15) is 35.1 Å². The summed E-state index contributed by atoms with van der Waals surface area (Å²) in [6.45, 7) is 2.86. The first kappa shape index (κ1) is 24.1. The SMILES string of the molecule is COC(=O)[C@@]1(Cc2ccc(O)c(C[C@H](O)C(C)(C)O)c2)OC(=O)C(O)=C1c1ccc(O)cc1. The highest BCUT2D eigenvalue weighted by molar-refractivity contribution is 6.11. The summed E-state index contributed by atoms with van der Waals surface area (Å²) < 4.78 is 10.3. The first-order valence-corrected chi connectivity index (χ1v) is 10.1. The maximum Gasteiger partial charge on any atom is 0.375 e. The van der Waals surface area contributed by atoms with Gasteiger partial charge in [-0.05, 0) is 48.7 Å². The van der Waals surface area contributed by atoms with Gasteiger partial charge in [-0.15, -0.1) is 0 Å². The van der Waals surface area contributed by atoms with E-state index in [0.29, 0.717) is 11.1 Å². The molecule has 0 radical (unpaired) electrons. The minimum Gasteiger partial charge on any atom is -0.508 e. The van der Waals surface area contributed by atoms with Crippen molar-refractivity contribution in [3.63, 3.8) is 0 Å². The fourth-order valence-corrected chi connectivity index (χ4v) is 3.71. The van der Waals surface area contributed by atoms with Crippen molar-refractivity contribution >= 4 is 17.5 Å². The average Bonchev–Trinajstić information content (AvgIpc) is 3.00. The maximum atomic E-state index is 12.9. The number of aliphatic hydroxyl groups excluding tert-OH is 2. The summed E-state index contributed by atoms with van der Waals surface area (Å²) >= 11 is 0. The second-order valence-electron chi connectivity index (χ2n) is 8.49. The Morgan fingerprint density at radius 1 is 1.12 bits per heavy atom. The number of benzene rings is 2. The fourth-order valence-electron chi connectivity index (χ4n) is 3.71. The van der Waals surface area contributed by atoms with Crippen molar-refractivity contribution in [3.05, 3.63) is 64.9 Å². The van der Waals surface area contributed by atoms with Gasteiger partial charge < -0.3 is 35.0 Å². The third kappa shape index (κ3) is 4.64. The van der Waals surface area contributed by atoms with Crippen LogP contribution in [0.15, 0.2) is 48.2 Å². The lowest BCUT2D eigenvalue weighted by Gasteiger charge is -2.28. The van der Waals surface area contributed by atoms with E-state index in [1.807, 2.05) is 0 Å². The normalized spacial score (nSPS) is 19.4. The highest BCUT2D eigenvalue weighted by Gasteiger charge is 2.55. The minimum atomic E-state index is -2.03.